The van der Waals surface area contributed by atoms with Crippen LogP contribution in [0, 0.1) is 11.6 Å². The van der Waals surface area contributed by atoms with Crippen LogP contribution in [0.15, 0.2) is 29.5 Å². The highest BCUT2D eigenvalue weighted by Gasteiger charge is 2.03. The molecule has 23 heavy (non-hydrogen) atoms. The number of guanidine groups is 1. The Hall–Kier alpha value is -2.51. The van der Waals surface area contributed by atoms with Gasteiger partial charge in [-0.25, -0.2) is 18.8 Å². The molecule has 0 amide bonds. The molecule has 0 aliphatic carbocycles. The molecule has 0 radical (unpaired) electrons. The molecule has 0 spiro atoms. The Balaban J connectivity index is 1.90. The minimum atomic E-state index is -0.567. The molecule has 124 valence electrons. The fraction of sp³-hybridized carbons (Fsp3) is 0.400. The Morgan fingerprint density at radius 3 is 2.57 bits per heavy atom. The summed E-state index contributed by atoms with van der Waals surface area (Å²) < 4.78 is 27.9. The van der Waals surface area contributed by atoms with Gasteiger partial charge in [-0.2, -0.15) is 5.10 Å². The highest BCUT2D eigenvalue weighted by Crippen LogP contribution is 2.08. The second-order valence-electron chi connectivity index (χ2n) is 4.95. The van der Waals surface area contributed by atoms with Crippen molar-refractivity contribution in [3.63, 3.8) is 0 Å². The van der Waals surface area contributed by atoms with E-state index in [0.29, 0.717) is 37.6 Å². The third-order valence-electron chi connectivity index (χ3n) is 3.16. The van der Waals surface area contributed by atoms with Crippen LogP contribution in [0.4, 0.5) is 8.78 Å². The van der Waals surface area contributed by atoms with Gasteiger partial charge in [0.05, 0.1) is 0 Å². The number of benzene rings is 1. The van der Waals surface area contributed by atoms with Crippen LogP contribution in [0.5, 0.6) is 0 Å². The van der Waals surface area contributed by atoms with Gasteiger partial charge in [0.15, 0.2) is 5.96 Å². The summed E-state index contributed by atoms with van der Waals surface area (Å²) in [5, 5.41) is 10.2. The van der Waals surface area contributed by atoms with E-state index in [9.17, 15) is 8.78 Å². The van der Waals surface area contributed by atoms with Gasteiger partial charge in [-0.3, -0.25) is 4.68 Å². The summed E-state index contributed by atoms with van der Waals surface area (Å²) in [6.45, 7) is 3.56. The Labute approximate surface area is 133 Å². The summed E-state index contributed by atoms with van der Waals surface area (Å²) in [6, 6.07) is 3.52. The number of halogens is 2. The smallest absolute Gasteiger partial charge is 0.191 e. The molecule has 1 heterocycles. The lowest BCUT2D eigenvalue weighted by Gasteiger charge is -2.11. The first-order valence-electron chi connectivity index (χ1n) is 7.38. The van der Waals surface area contributed by atoms with Gasteiger partial charge in [0, 0.05) is 26.2 Å². The zero-order chi connectivity index (χ0) is 16.7. The number of nitrogens with zero attached hydrogens (tertiary/aromatic N) is 4. The van der Waals surface area contributed by atoms with E-state index in [1.54, 1.807) is 11.7 Å². The van der Waals surface area contributed by atoms with Gasteiger partial charge in [-0.15, -0.1) is 0 Å². The monoisotopic (exact) mass is 322 g/mol. The van der Waals surface area contributed by atoms with Crippen LogP contribution in [0.1, 0.15) is 18.3 Å². The molecule has 2 N–H and O–H groups in total. The maximum absolute atomic E-state index is 13.1. The Morgan fingerprint density at radius 1 is 1.22 bits per heavy atom. The molecule has 8 heteroatoms. The van der Waals surface area contributed by atoms with E-state index in [1.165, 1.54) is 18.5 Å². The molecule has 2 rings (SSSR count). The largest absolute Gasteiger partial charge is 0.357 e. The van der Waals surface area contributed by atoms with Crippen molar-refractivity contribution in [1.29, 1.82) is 0 Å². The van der Waals surface area contributed by atoms with Crippen LogP contribution in [0.25, 0.3) is 0 Å². The number of hydrogen-bond donors (Lipinski definition) is 2. The second kappa shape index (κ2) is 8.21. The first kappa shape index (κ1) is 16.9. The van der Waals surface area contributed by atoms with Crippen molar-refractivity contribution in [2.24, 2.45) is 12.0 Å². The molecule has 0 fully saturated rings. The summed E-state index contributed by atoms with van der Waals surface area (Å²) in [7, 11) is 1.80. The van der Waals surface area contributed by atoms with Gasteiger partial charge in [0.1, 0.15) is 30.3 Å². The first-order valence-corrected chi connectivity index (χ1v) is 7.38. The van der Waals surface area contributed by atoms with Crippen molar-refractivity contribution < 1.29 is 8.78 Å². The van der Waals surface area contributed by atoms with Crippen LogP contribution >= 0.6 is 0 Å². The average Bonchev–Trinajstić information content (AvgIpc) is 2.89. The highest BCUT2D eigenvalue weighted by atomic mass is 19.1. The lowest BCUT2D eigenvalue weighted by Crippen LogP contribution is -2.38. The normalized spacial score (nSPS) is 11.6. The minimum Gasteiger partial charge on any atom is -0.357 e. The van der Waals surface area contributed by atoms with Gasteiger partial charge in [0.25, 0.3) is 0 Å². The topological polar surface area (TPSA) is 67.1 Å². The number of hydrogen-bond acceptors (Lipinski definition) is 3. The second-order valence-corrected chi connectivity index (χ2v) is 4.95. The quantitative estimate of drug-likeness (QED) is 0.623. The molecule has 0 aliphatic rings. The standard InChI is InChI=1S/C15H20F2N6/c1-3-18-15(20-9-14-21-10-22-23(14)2)19-5-4-11-6-12(16)8-13(17)7-11/h6-8,10H,3-5,9H2,1-2H3,(H2,18,19,20). The fourth-order valence-corrected chi connectivity index (χ4v) is 2.04. The molecule has 0 saturated heterocycles. The van der Waals surface area contributed by atoms with Gasteiger partial charge in [-0.05, 0) is 31.0 Å². The molecule has 0 saturated carbocycles. The highest BCUT2D eigenvalue weighted by molar-refractivity contribution is 5.79. The zero-order valence-corrected chi connectivity index (χ0v) is 13.2. The number of nitrogens with one attached hydrogen (secondary N) is 2. The predicted octanol–water partition coefficient (Wildman–Crippen LogP) is 1.39. The molecule has 1 aromatic carbocycles. The van der Waals surface area contributed by atoms with Gasteiger partial charge in [0.2, 0.25) is 0 Å². The summed E-state index contributed by atoms with van der Waals surface area (Å²) in [5.74, 6) is 0.229. The zero-order valence-electron chi connectivity index (χ0n) is 13.2. The van der Waals surface area contributed by atoms with Crippen molar-refractivity contribution >= 4 is 5.96 Å². The summed E-state index contributed by atoms with van der Waals surface area (Å²) in [6.07, 6.45) is 1.97. The van der Waals surface area contributed by atoms with Crippen molar-refractivity contribution in [3.8, 4) is 0 Å². The molecule has 0 bridgehead atoms. The SMILES string of the molecule is CCNC(=NCc1ncnn1C)NCCc1cc(F)cc(F)c1. The molecule has 6 nitrogen and oxygen atoms in total. The summed E-state index contributed by atoms with van der Waals surface area (Å²) in [4.78, 5) is 8.51. The van der Waals surface area contributed by atoms with Crippen LogP contribution in [-0.2, 0) is 20.0 Å². The lowest BCUT2D eigenvalue weighted by atomic mass is 10.1. The summed E-state index contributed by atoms with van der Waals surface area (Å²) in [5.41, 5.74) is 0.596. The van der Waals surface area contributed by atoms with E-state index in [-0.39, 0.29) is 0 Å². The van der Waals surface area contributed by atoms with E-state index >= 15 is 0 Å². The average molecular weight is 322 g/mol. The first-order chi connectivity index (χ1) is 11.1. The molecule has 0 unspecified atom stereocenters. The predicted molar refractivity (Wildman–Crippen MR) is 83.9 cm³/mol. The van der Waals surface area contributed by atoms with Crippen molar-refractivity contribution in [1.82, 2.24) is 25.4 Å². The number of aryl methyl sites for hydroxylation is 1. The molecule has 0 aliphatic heterocycles. The molecular formula is C15H20F2N6. The van der Waals surface area contributed by atoms with Crippen molar-refractivity contribution in [3.05, 3.63) is 47.5 Å². The van der Waals surface area contributed by atoms with Crippen LogP contribution in [0.2, 0.25) is 0 Å². The molecule has 1 aromatic heterocycles. The molecular weight excluding hydrogens is 302 g/mol. The number of aromatic nitrogens is 3. The van der Waals surface area contributed by atoms with Crippen molar-refractivity contribution in [2.75, 3.05) is 13.1 Å². The number of rotatable bonds is 6. The maximum Gasteiger partial charge on any atom is 0.191 e. The van der Waals surface area contributed by atoms with Crippen LogP contribution in [-0.4, -0.2) is 33.8 Å². The molecule has 2 aromatic rings. The van der Waals surface area contributed by atoms with Crippen LogP contribution < -0.4 is 10.6 Å². The van der Waals surface area contributed by atoms with Gasteiger partial charge >= 0.3 is 0 Å². The van der Waals surface area contributed by atoms with E-state index in [0.717, 1.165) is 11.9 Å². The summed E-state index contributed by atoms with van der Waals surface area (Å²) >= 11 is 0. The Morgan fingerprint density at radius 2 is 1.96 bits per heavy atom. The fourth-order valence-electron chi connectivity index (χ4n) is 2.04. The minimum absolute atomic E-state index is 0.389. The van der Waals surface area contributed by atoms with E-state index < -0.39 is 11.6 Å². The van der Waals surface area contributed by atoms with Crippen molar-refractivity contribution in [2.45, 2.75) is 19.9 Å². The van der Waals surface area contributed by atoms with Gasteiger partial charge < -0.3 is 10.6 Å². The van der Waals surface area contributed by atoms with E-state index in [4.69, 9.17) is 0 Å². The lowest BCUT2D eigenvalue weighted by molar-refractivity contribution is 0.579. The number of aliphatic imine (C=N–C) groups is 1. The third-order valence-corrected chi connectivity index (χ3v) is 3.16. The van der Waals surface area contributed by atoms with Crippen LogP contribution in [0.3, 0.4) is 0 Å². The molecule has 0 atom stereocenters. The maximum atomic E-state index is 13.1. The van der Waals surface area contributed by atoms with Gasteiger partial charge in [-0.1, -0.05) is 0 Å². The Bertz CT molecular complexity index is 647. The van der Waals surface area contributed by atoms with E-state index in [2.05, 4.69) is 25.7 Å². The Kier molecular flexibility index (Phi) is 6.02. The third kappa shape index (κ3) is 5.32. The van der Waals surface area contributed by atoms with E-state index in [1.807, 2.05) is 6.92 Å².